The predicted octanol–water partition coefficient (Wildman–Crippen LogP) is 4.31. The molecule has 0 radical (unpaired) electrons. The van der Waals surface area contributed by atoms with Crippen LogP contribution >= 0.6 is 15.9 Å². The van der Waals surface area contributed by atoms with Crippen molar-refractivity contribution in [2.24, 2.45) is 5.92 Å². The van der Waals surface area contributed by atoms with Crippen LogP contribution < -0.4 is 5.32 Å². The molecule has 0 aromatic heterocycles. The Hall–Kier alpha value is -0.940. The highest BCUT2D eigenvalue weighted by Gasteiger charge is 2.17. The molecule has 0 heterocycles. The molecular weight excluding hydrogens is 320 g/mol. The fourth-order valence-electron chi connectivity index (χ4n) is 2.21. The van der Waals surface area contributed by atoms with Gasteiger partial charge in [0.25, 0.3) is 5.69 Å². The van der Waals surface area contributed by atoms with E-state index in [4.69, 9.17) is 0 Å². The Bertz CT molecular complexity index is 449. The zero-order valence-corrected chi connectivity index (χ0v) is 13.9. The van der Waals surface area contributed by atoms with E-state index in [-0.39, 0.29) is 10.6 Å². The number of rotatable bonds is 8. The molecule has 1 rings (SSSR count). The number of hydrogen-bond donors (Lipinski definition) is 1. The van der Waals surface area contributed by atoms with Gasteiger partial charge in [0, 0.05) is 12.1 Å². The van der Waals surface area contributed by atoms with Gasteiger partial charge in [-0.25, -0.2) is 0 Å². The number of hydrogen-bond acceptors (Lipinski definition) is 3. The Morgan fingerprint density at radius 3 is 2.65 bits per heavy atom. The van der Waals surface area contributed by atoms with Gasteiger partial charge in [0.05, 0.1) is 9.40 Å². The average Bonchev–Trinajstić information content (AvgIpc) is 2.39. The molecule has 112 valence electrons. The summed E-state index contributed by atoms with van der Waals surface area (Å²) >= 11 is 3.36. The molecule has 1 N–H and O–H groups in total. The van der Waals surface area contributed by atoms with Crippen molar-refractivity contribution in [1.29, 1.82) is 0 Å². The second kappa shape index (κ2) is 8.37. The molecule has 0 aliphatic heterocycles. The number of nitro benzene ring substituents is 1. The molecule has 1 unspecified atom stereocenters. The monoisotopic (exact) mass is 342 g/mol. The number of nitrogens with zero attached hydrogens (tertiary/aromatic N) is 1. The molecular formula is C15H23BrN2O2. The third-order valence-electron chi connectivity index (χ3n) is 3.44. The lowest BCUT2D eigenvalue weighted by atomic mass is 9.96. The fraction of sp³-hybridized carbons (Fsp3) is 0.600. The van der Waals surface area contributed by atoms with Gasteiger partial charge in [0.1, 0.15) is 0 Å². The molecule has 0 aliphatic rings. The van der Waals surface area contributed by atoms with Crippen LogP contribution in [0.25, 0.3) is 0 Å². The molecule has 0 fully saturated rings. The van der Waals surface area contributed by atoms with Crippen LogP contribution in [0.2, 0.25) is 0 Å². The summed E-state index contributed by atoms with van der Waals surface area (Å²) in [4.78, 5) is 10.6. The largest absolute Gasteiger partial charge is 0.314 e. The van der Waals surface area contributed by atoms with E-state index in [0.29, 0.717) is 16.4 Å². The molecule has 1 aromatic rings. The lowest BCUT2D eigenvalue weighted by molar-refractivity contribution is -0.385. The van der Waals surface area contributed by atoms with Gasteiger partial charge in [-0.1, -0.05) is 32.9 Å². The topological polar surface area (TPSA) is 55.2 Å². The normalized spacial score (nSPS) is 12.7. The quantitative estimate of drug-likeness (QED) is 0.565. The number of nitro groups is 1. The van der Waals surface area contributed by atoms with Crippen LogP contribution in [0.1, 0.15) is 39.2 Å². The van der Waals surface area contributed by atoms with Crippen LogP contribution in [-0.4, -0.2) is 17.5 Å². The Kier molecular flexibility index (Phi) is 7.16. The highest BCUT2D eigenvalue weighted by Crippen LogP contribution is 2.29. The lowest BCUT2D eigenvalue weighted by Crippen LogP contribution is -2.34. The van der Waals surface area contributed by atoms with E-state index in [1.54, 1.807) is 6.07 Å². The van der Waals surface area contributed by atoms with Gasteiger partial charge in [0.15, 0.2) is 0 Å². The maximum atomic E-state index is 10.9. The van der Waals surface area contributed by atoms with E-state index in [1.165, 1.54) is 6.07 Å². The lowest BCUT2D eigenvalue weighted by Gasteiger charge is -2.22. The highest BCUT2D eigenvalue weighted by atomic mass is 79.9. The molecule has 1 aromatic carbocycles. The smallest absolute Gasteiger partial charge is 0.283 e. The minimum absolute atomic E-state index is 0.144. The third-order valence-corrected chi connectivity index (χ3v) is 4.36. The van der Waals surface area contributed by atoms with E-state index < -0.39 is 0 Å². The van der Waals surface area contributed by atoms with Crippen LogP contribution in [0.3, 0.4) is 0 Å². The number of benzene rings is 1. The van der Waals surface area contributed by atoms with Gasteiger partial charge in [-0.2, -0.15) is 0 Å². The maximum absolute atomic E-state index is 10.9. The van der Waals surface area contributed by atoms with Gasteiger partial charge < -0.3 is 5.32 Å². The molecule has 20 heavy (non-hydrogen) atoms. The first-order chi connectivity index (χ1) is 9.47. The van der Waals surface area contributed by atoms with Gasteiger partial charge in [-0.3, -0.25) is 10.1 Å². The minimum Gasteiger partial charge on any atom is -0.314 e. The van der Waals surface area contributed by atoms with Crippen LogP contribution in [0.4, 0.5) is 5.69 Å². The molecule has 5 heteroatoms. The zero-order chi connectivity index (χ0) is 15.1. The number of aryl methyl sites for hydroxylation is 1. The van der Waals surface area contributed by atoms with E-state index >= 15 is 0 Å². The van der Waals surface area contributed by atoms with Crippen molar-refractivity contribution in [3.63, 3.8) is 0 Å². The summed E-state index contributed by atoms with van der Waals surface area (Å²) in [6.07, 6.45) is 2.93. The van der Waals surface area contributed by atoms with Crippen molar-refractivity contribution in [1.82, 2.24) is 5.32 Å². The van der Waals surface area contributed by atoms with E-state index in [0.717, 1.165) is 31.4 Å². The van der Waals surface area contributed by atoms with Gasteiger partial charge in [0.2, 0.25) is 0 Å². The fourth-order valence-corrected chi connectivity index (χ4v) is 2.82. The second-order valence-electron chi connectivity index (χ2n) is 5.35. The molecule has 1 atom stereocenters. The SMILES string of the molecule is CCCNC(CCc1cccc([N+](=O)[O-])c1Br)C(C)C. The van der Waals surface area contributed by atoms with Crippen molar-refractivity contribution in [2.75, 3.05) is 6.54 Å². The first-order valence-corrected chi connectivity index (χ1v) is 7.91. The summed E-state index contributed by atoms with van der Waals surface area (Å²) in [6.45, 7) is 7.58. The summed E-state index contributed by atoms with van der Waals surface area (Å²) < 4.78 is 0.614. The van der Waals surface area contributed by atoms with E-state index in [9.17, 15) is 10.1 Å². The van der Waals surface area contributed by atoms with Gasteiger partial charge >= 0.3 is 0 Å². The molecule has 0 saturated heterocycles. The van der Waals surface area contributed by atoms with E-state index in [1.807, 2.05) is 6.07 Å². The second-order valence-corrected chi connectivity index (χ2v) is 6.14. The van der Waals surface area contributed by atoms with Crippen LogP contribution in [0.5, 0.6) is 0 Å². The van der Waals surface area contributed by atoms with Crippen molar-refractivity contribution in [3.8, 4) is 0 Å². The van der Waals surface area contributed by atoms with Crippen LogP contribution in [-0.2, 0) is 6.42 Å². The molecule has 0 bridgehead atoms. The Morgan fingerprint density at radius 2 is 2.10 bits per heavy atom. The van der Waals surface area contributed by atoms with Crippen molar-refractivity contribution in [2.45, 2.75) is 46.1 Å². The average molecular weight is 343 g/mol. The molecule has 0 saturated carbocycles. The first kappa shape index (κ1) is 17.1. The standard InChI is InChI=1S/C15H23BrN2O2/c1-4-10-17-13(11(2)3)9-8-12-6-5-7-14(15(12)16)18(19)20/h5-7,11,13,17H,4,8-10H2,1-3H3. The number of halogens is 1. The summed E-state index contributed by atoms with van der Waals surface area (Å²) in [6, 6.07) is 5.68. The van der Waals surface area contributed by atoms with Crippen molar-refractivity contribution < 1.29 is 4.92 Å². The van der Waals surface area contributed by atoms with Gasteiger partial charge in [-0.05, 0) is 53.2 Å². The summed E-state index contributed by atoms with van der Waals surface area (Å²) in [5, 5.41) is 14.5. The minimum atomic E-state index is -0.344. The molecule has 0 spiro atoms. The van der Waals surface area contributed by atoms with Crippen LogP contribution in [0, 0.1) is 16.0 Å². The predicted molar refractivity (Wildman–Crippen MR) is 86.0 cm³/mol. The Morgan fingerprint density at radius 1 is 1.40 bits per heavy atom. The Labute approximate surface area is 129 Å². The molecule has 4 nitrogen and oxygen atoms in total. The van der Waals surface area contributed by atoms with Gasteiger partial charge in [-0.15, -0.1) is 0 Å². The molecule has 0 aliphatic carbocycles. The van der Waals surface area contributed by atoms with Crippen molar-refractivity contribution >= 4 is 21.6 Å². The van der Waals surface area contributed by atoms with Crippen LogP contribution in [0.15, 0.2) is 22.7 Å². The third kappa shape index (κ3) is 4.87. The number of nitrogens with one attached hydrogen (secondary N) is 1. The highest BCUT2D eigenvalue weighted by molar-refractivity contribution is 9.10. The maximum Gasteiger partial charge on any atom is 0.283 e. The summed E-state index contributed by atoms with van der Waals surface area (Å²) in [5.41, 5.74) is 1.15. The summed E-state index contributed by atoms with van der Waals surface area (Å²) in [7, 11) is 0. The molecule has 0 amide bonds. The summed E-state index contributed by atoms with van der Waals surface area (Å²) in [5.74, 6) is 0.555. The van der Waals surface area contributed by atoms with E-state index in [2.05, 4.69) is 42.0 Å². The first-order valence-electron chi connectivity index (χ1n) is 7.12. The van der Waals surface area contributed by atoms with Crippen molar-refractivity contribution in [3.05, 3.63) is 38.3 Å². The Balaban J connectivity index is 2.73. The zero-order valence-electron chi connectivity index (χ0n) is 12.4.